The van der Waals surface area contributed by atoms with Gasteiger partial charge in [-0.05, 0) is 25.1 Å². The van der Waals surface area contributed by atoms with Crippen molar-refractivity contribution in [3.63, 3.8) is 0 Å². The van der Waals surface area contributed by atoms with Gasteiger partial charge in [-0.15, -0.1) is 0 Å². The van der Waals surface area contributed by atoms with E-state index in [0.29, 0.717) is 11.5 Å². The molecule has 0 unspecified atom stereocenters. The smallest absolute Gasteiger partial charge is 0.330 e. The lowest BCUT2D eigenvalue weighted by atomic mass is 9.92. The molecule has 5 nitrogen and oxygen atoms in total. The van der Waals surface area contributed by atoms with Crippen LogP contribution < -0.4 is 9.47 Å². The molecular weight excluding hydrogens is 260 g/mol. The summed E-state index contributed by atoms with van der Waals surface area (Å²) in [4.78, 5) is 11.2. The molecule has 1 rings (SSSR count). The number of rotatable bonds is 6. The Morgan fingerprint density at radius 3 is 2.45 bits per heavy atom. The van der Waals surface area contributed by atoms with E-state index < -0.39 is 18.0 Å². The van der Waals surface area contributed by atoms with Crippen LogP contribution in [-0.4, -0.2) is 38.5 Å². The normalized spacial score (nSPS) is 13.8. The van der Waals surface area contributed by atoms with Crippen molar-refractivity contribution in [2.75, 3.05) is 21.3 Å². The molecule has 110 valence electrons. The lowest BCUT2D eigenvalue weighted by molar-refractivity contribution is -0.134. The average Bonchev–Trinajstić information content (AvgIpc) is 2.46. The molecule has 1 N–H and O–H groups in total. The van der Waals surface area contributed by atoms with Crippen molar-refractivity contribution in [1.29, 1.82) is 0 Å². The van der Waals surface area contributed by atoms with E-state index in [0.717, 1.165) is 5.56 Å². The van der Waals surface area contributed by atoms with Crippen molar-refractivity contribution in [2.45, 2.75) is 18.9 Å². The third-order valence-corrected chi connectivity index (χ3v) is 2.96. The second kappa shape index (κ2) is 7.55. The summed E-state index contributed by atoms with van der Waals surface area (Å²) >= 11 is 0. The van der Waals surface area contributed by atoms with Crippen LogP contribution in [0.5, 0.6) is 11.5 Å². The van der Waals surface area contributed by atoms with Crippen LogP contribution in [-0.2, 0) is 9.53 Å². The first-order chi connectivity index (χ1) is 9.53. The summed E-state index contributed by atoms with van der Waals surface area (Å²) in [5, 5.41) is 9.93. The number of hydrogen-bond acceptors (Lipinski definition) is 5. The zero-order valence-corrected chi connectivity index (χ0v) is 12.1. The number of benzene rings is 1. The van der Waals surface area contributed by atoms with Crippen molar-refractivity contribution < 1.29 is 24.1 Å². The Labute approximate surface area is 118 Å². The van der Waals surface area contributed by atoms with Crippen molar-refractivity contribution in [1.82, 2.24) is 0 Å². The van der Waals surface area contributed by atoms with Crippen molar-refractivity contribution in [2.24, 2.45) is 0 Å². The predicted octanol–water partition coefficient (Wildman–Crippen LogP) is 1.90. The number of aliphatic hydroxyl groups is 1. The molecule has 0 aliphatic heterocycles. The van der Waals surface area contributed by atoms with Crippen LogP contribution in [0, 0.1) is 0 Å². The van der Waals surface area contributed by atoms with Crippen LogP contribution in [0.4, 0.5) is 0 Å². The van der Waals surface area contributed by atoms with Gasteiger partial charge in [-0.2, -0.15) is 0 Å². The minimum atomic E-state index is -0.697. The molecular formula is C15H20O5. The number of carbonyl (C=O) groups excluding carboxylic acids is 1. The molecule has 5 heteroatoms. The van der Waals surface area contributed by atoms with E-state index in [-0.39, 0.29) is 0 Å². The maximum atomic E-state index is 11.2. The number of esters is 1. The van der Waals surface area contributed by atoms with E-state index in [4.69, 9.17) is 9.47 Å². The lowest BCUT2D eigenvalue weighted by Crippen LogP contribution is -2.14. The molecule has 0 aliphatic carbocycles. The summed E-state index contributed by atoms with van der Waals surface area (Å²) in [7, 11) is 4.41. The van der Waals surface area contributed by atoms with Gasteiger partial charge in [-0.25, -0.2) is 4.79 Å². The molecule has 0 saturated heterocycles. The summed E-state index contributed by atoms with van der Waals surface area (Å²) in [6.45, 7) is 1.64. The molecule has 0 radical (unpaired) electrons. The highest BCUT2D eigenvalue weighted by Gasteiger charge is 2.20. The molecule has 1 aromatic rings. The Kier molecular flexibility index (Phi) is 6.06. The van der Waals surface area contributed by atoms with E-state index in [9.17, 15) is 9.90 Å². The fourth-order valence-corrected chi connectivity index (χ4v) is 1.87. The predicted molar refractivity (Wildman–Crippen MR) is 75.1 cm³/mol. The molecule has 0 heterocycles. The highest BCUT2D eigenvalue weighted by atomic mass is 16.5. The Hall–Kier alpha value is -2.01. The Balaban J connectivity index is 3.19. The monoisotopic (exact) mass is 280 g/mol. The molecule has 0 aliphatic rings. The third kappa shape index (κ3) is 3.99. The molecule has 0 saturated carbocycles. The second-order valence-corrected chi connectivity index (χ2v) is 4.26. The number of carbonyl (C=O) groups is 1. The number of methoxy groups -OCH3 is 3. The molecule has 0 aromatic heterocycles. The molecule has 0 amide bonds. The van der Waals surface area contributed by atoms with Crippen LogP contribution in [0.15, 0.2) is 30.4 Å². The largest absolute Gasteiger partial charge is 0.497 e. The summed E-state index contributed by atoms with van der Waals surface area (Å²) in [5.41, 5.74) is 0.738. The minimum Gasteiger partial charge on any atom is -0.497 e. The van der Waals surface area contributed by atoms with Gasteiger partial charge in [-0.3, -0.25) is 0 Å². The number of hydrogen-bond donors (Lipinski definition) is 1. The van der Waals surface area contributed by atoms with E-state index in [1.54, 1.807) is 45.4 Å². The van der Waals surface area contributed by atoms with Crippen LogP contribution in [0.2, 0.25) is 0 Å². The molecule has 0 fully saturated rings. The quantitative estimate of drug-likeness (QED) is 0.637. The highest BCUT2D eigenvalue weighted by Crippen LogP contribution is 2.33. The molecule has 2 atom stereocenters. The van der Waals surface area contributed by atoms with Crippen molar-refractivity contribution in [3.05, 3.63) is 35.9 Å². The fourth-order valence-electron chi connectivity index (χ4n) is 1.87. The minimum absolute atomic E-state index is 0.404. The average molecular weight is 280 g/mol. The lowest BCUT2D eigenvalue weighted by Gasteiger charge is -2.20. The Morgan fingerprint density at radius 1 is 1.25 bits per heavy atom. The van der Waals surface area contributed by atoms with Crippen LogP contribution in [0.3, 0.4) is 0 Å². The van der Waals surface area contributed by atoms with E-state index in [1.807, 2.05) is 0 Å². The fraction of sp³-hybridized carbons (Fsp3) is 0.400. The van der Waals surface area contributed by atoms with Gasteiger partial charge in [0, 0.05) is 17.6 Å². The van der Waals surface area contributed by atoms with Crippen LogP contribution >= 0.6 is 0 Å². The second-order valence-electron chi connectivity index (χ2n) is 4.26. The third-order valence-electron chi connectivity index (χ3n) is 2.96. The van der Waals surface area contributed by atoms with E-state index >= 15 is 0 Å². The molecule has 1 aromatic carbocycles. The van der Waals surface area contributed by atoms with Gasteiger partial charge in [0.2, 0.25) is 0 Å². The first-order valence-corrected chi connectivity index (χ1v) is 6.19. The first kappa shape index (κ1) is 16.0. The van der Waals surface area contributed by atoms with Gasteiger partial charge in [-0.1, -0.05) is 6.08 Å². The Bertz CT molecular complexity index is 479. The highest BCUT2D eigenvalue weighted by molar-refractivity contribution is 5.82. The van der Waals surface area contributed by atoms with Gasteiger partial charge in [0.25, 0.3) is 0 Å². The van der Waals surface area contributed by atoms with Gasteiger partial charge < -0.3 is 19.3 Å². The molecule has 0 spiro atoms. The summed E-state index contributed by atoms with van der Waals surface area (Å²) in [5.74, 6) is 0.390. The maximum Gasteiger partial charge on any atom is 0.330 e. The van der Waals surface area contributed by atoms with Crippen LogP contribution in [0.25, 0.3) is 0 Å². The van der Waals surface area contributed by atoms with Gasteiger partial charge in [0.05, 0.1) is 27.4 Å². The zero-order valence-electron chi connectivity index (χ0n) is 12.1. The first-order valence-electron chi connectivity index (χ1n) is 6.19. The SMILES string of the molecule is COC(=O)/C=C/[C@@H](c1cc(OC)ccc1OC)[C@H](C)O. The van der Waals surface area contributed by atoms with Crippen LogP contribution in [0.1, 0.15) is 18.4 Å². The topological polar surface area (TPSA) is 65.0 Å². The van der Waals surface area contributed by atoms with Crippen molar-refractivity contribution in [3.8, 4) is 11.5 Å². The Morgan fingerprint density at radius 2 is 1.95 bits per heavy atom. The zero-order chi connectivity index (χ0) is 15.1. The summed E-state index contributed by atoms with van der Waals surface area (Å²) < 4.78 is 15.0. The number of aliphatic hydroxyl groups excluding tert-OH is 1. The molecule has 0 bridgehead atoms. The maximum absolute atomic E-state index is 11.2. The van der Waals surface area contributed by atoms with Crippen molar-refractivity contribution >= 4 is 5.97 Å². The molecule has 20 heavy (non-hydrogen) atoms. The van der Waals surface area contributed by atoms with Gasteiger partial charge in [0.15, 0.2) is 0 Å². The van der Waals surface area contributed by atoms with E-state index in [1.165, 1.54) is 13.2 Å². The van der Waals surface area contributed by atoms with Gasteiger partial charge in [0.1, 0.15) is 11.5 Å². The number of ether oxygens (including phenoxy) is 3. The summed E-state index contributed by atoms with van der Waals surface area (Å²) in [6.07, 6.45) is 2.18. The standard InChI is InChI=1S/C15H20O5/c1-10(16)12(6-8-15(17)20-4)13-9-11(18-2)5-7-14(13)19-3/h5-10,12,16H,1-4H3/b8-6+/t10-,12+/m0/s1. The van der Waals surface area contributed by atoms with Gasteiger partial charge >= 0.3 is 5.97 Å². The summed E-state index contributed by atoms with van der Waals surface area (Å²) in [6, 6.07) is 5.30. The van der Waals surface area contributed by atoms with E-state index in [2.05, 4.69) is 4.74 Å².